The number of hydrogen-bond acceptors (Lipinski definition) is 6. The SMILES string of the molecule is CCSc1cccc(C(=O)Nc2sc3c(c2-c2nc4ccccc4s2)CCN(C)C3)c1.Cl. The van der Waals surface area contributed by atoms with Gasteiger partial charge in [0, 0.05) is 34.0 Å². The Hall–Kier alpha value is -1.90. The summed E-state index contributed by atoms with van der Waals surface area (Å²) in [6, 6.07) is 16.1. The number of anilines is 1. The van der Waals surface area contributed by atoms with Gasteiger partial charge in [-0.25, -0.2) is 4.98 Å². The summed E-state index contributed by atoms with van der Waals surface area (Å²) in [5.41, 5.74) is 4.16. The third-order valence-electron chi connectivity index (χ3n) is 5.39. The minimum atomic E-state index is -0.0622. The molecule has 0 spiro atoms. The summed E-state index contributed by atoms with van der Waals surface area (Å²) in [6.45, 7) is 4.05. The van der Waals surface area contributed by atoms with Crippen molar-refractivity contribution in [3.63, 3.8) is 0 Å². The number of hydrogen-bond donors (Lipinski definition) is 1. The fourth-order valence-corrected chi connectivity index (χ4v) is 7.05. The van der Waals surface area contributed by atoms with Gasteiger partial charge in [-0.3, -0.25) is 4.79 Å². The molecule has 32 heavy (non-hydrogen) atoms. The van der Waals surface area contributed by atoms with Gasteiger partial charge >= 0.3 is 0 Å². The highest BCUT2D eigenvalue weighted by Gasteiger charge is 2.27. The summed E-state index contributed by atoms with van der Waals surface area (Å²) in [4.78, 5) is 22.9. The number of fused-ring (bicyclic) bond motifs is 2. The maximum Gasteiger partial charge on any atom is 0.256 e. The van der Waals surface area contributed by atoms with Gasteiger partial charge in [0.15, 0.2) is 0 Å². The van der Waals surface area contributed by atoms with Gasteiger partial charge in [0.1, 0.15) is 10.0 Å². The van der Waals surface area contributed by atoms with Crippen LogP contribution in [0.4, 0.5) is 5.00 Å². The number of thioether (sulfide) groups is 1. The second kappa shape index (κ2) is 9.93. The van der Waals surface area contributed by atoms with E-state index in [-0.39, 0.29) is 18.3 Å². The summed E-state index contributed by atoms with van der Waals surface area (Å²) in [5, 5.41) is 5.14. The molecule has 1 aliphatic heterocycles. The molecule has 0 bridgehead atoms. The third kappa shape index (κ3) is 4.58. The second-order valence-electron chi connectivity index (χ2n) is 7.60. The van der Waals surface area contributed by atoms with Gasteiger partial charge < -0.3 is 10.2 Å². The molecule has 166 valence electrons. The molecule has 5 rings (SSSR count). The van der Waals surface area contributed by atoms with E-state index in [0.717, 1.165) is 51.2 Å². The Morgan fingerprint density at radius 2 is 2.03 bits per heavy atom. The molecular formula is C24H24ClN3OS3. The Bertz CT molecular complexity index is 1230. The van der Waals surface area contributed by atoms with Crippen LogP contribution in [0.5, 0.6) is 0 Å². The molecule has 4 nitrogen and oxygen atoms in total. The Morgan fingerprint density at radius 3 is 2.84 bits per heavy atom. The van der Waals surface area contributed by atoms with Crippen LogP contribution in [0.2, 0.25) is 0 Å². The second-order valence-corrected chi connectivity index (χ2v) is 11.1. The number of nitrogens with zero attached hydrogens (tertiary/aromatic N) is 2. The zero-order chi connectivity index (χ0) is 21.4. The molecule has 0 aliphatic carbocycles. The Labute approximate surface area is 206 Å². The minimum absolute atomic E-state index is 0. The van der Waals surface area contributed by atoms with Crippen molar-refractivity contribution in [2.24, 2.45) is 0 Å². The first-order valence-electron chi connectivity index (χ1n) is 10.4. The van der Waals surface area contributed by atoms with Crippen molar-refractivity contribution in [2.45, 2.75) is 24.8 Å². The first-order chi connectivity index (χ1) is 15.1. The molecule has 1 N–H and O–H groups in total. The number of rotatable bonds is 5. The number of carbonyl (C=O) groups excluding carboxylic acids is 1. The highest BCUT2D eigenvalue weighted by atomic mass is 35.5. The normalized spacial score (nSPS) is 13.6. The molecule has 3 heterocycles. The van der Waals surface area contributed by atoms with Crippen LogP contribution in [-0.4, -0.2) is 35.1 Å². The number of thiophene rings is 1. The number of halogens is 1. The van der Waals surface area contributed by atoms with Crippen molar-refractivity contribution in [3.05, 3.63) is 64.5 Å². The molecule has 1 aliphatic rings. The van der Waals surface area contributed by atoms with Crippen LogP contribution in [0, 0.1) is 0 Å². The zero-order valence-electron chi connectivity index (χ0n) is 17.9. The van der Waals surface area contributed by atoms with Gasteiger partial charge in [-0.1, -0.05) is 25.1 Å². The van der Waals surface area contributed by atoms with Gasteiger partial charge in [0.25, 0.3) is 5.91 Å². The van der Waals surface area contributed by atoms with E-state index in [1.54, 1.807) is 34.4 Å². The fourth-order valence-electron chi connectivity index (χ4n) is 3.89. The van der Waals surface area contributed by atoms with Gasteiger partial charge in [-0.15, -0.1) is 46.8 Å². The number of amides is 1. The van der Waals surface area contributed by atoms with Crippen LogP contribution in [0.3, 0.4) is 0 Å². The molecule has 0 saturated heterocycles. The molecule has 0 radical (unpaired) electrons. The summed E-state index contributed by atoms with van der Waals surface area (Å²) in [7, 11) is 2.15. The van der Waals surface area contributed by atoms with E-state index in [1.165, 1.54) is 15.1 Å². The van der Waals surface area contributed by atoms with Gasteiger partial charge in [0.2, 0.25) is 0 Å². The molecule has 2 aromatic carbocycles. The van der Waals surface area contributed by atoms with Crippen LogP contribution in [-0.2, 0) is 13.0 Å². The number of benzene rings is 2. The van der Waals surface area contributed by atoms with Crippen LogP contribution in [0.1, 0.15) is 27.7 Å². The van der Waals surface area contributed by atoms with Crippen molar-refractivity contribution < 1.29 is 4.79 Å². The van der Waals surface area contributed by atoms with E-state index in [0.29, 0.717) is 5.56 Å². The quantitative estimate of drug-likeness (QED) is 0.305. The average molecular weight is 502 g/mol. The Kier molecular flexibility index (Phi) is 7.22. The van der Waals surface area contributed by atoms with Crippen LogP contribution in [0.15, 0.2) is 53.4 Å². The molecule has 4 aromatic rings. The summed E-state index contributed by atoms with van der Waals surface area (Å²) in [6.07, 6.45) is 0.978. The van der Waals surface area contributed by atoms with Crippen molar-refractivity contribution in [1.29, 1.82) is 0 Å². The smallest absolute Gasteiger partial charge is 0.256 e. The van der Waals surface area contributed by atoms with Crippen molar-refractivity contribution in [2.75, 3.05) is 24.7 Å². The number of para-hydroxylation sites is 1. The molecule has 0 unspecified atom stereocenters. The molecule has 0 saturated carbocycles. The number of thiazole rings is 1. The first-order valence-corrected chi connectivity index (χ1v) is 13.0. The number of likely N-dealkylation sites (N-methyl/N-ethyl adjacent to an activating group) is 1. The van der Waals surface area contributed by atoms with Gasteiger partial charge in [-0.05, 0) is 55.1 Å². The molecular weight excluding hydrogens is 478 g/mol. The minimum Gasteiger partial charge on any atom is -0.313 e. The maximum absolute atomic E-state index is 13.2. The van der Waals surface area contributed by atoms with Crippen molar-refractivity contribution in [1.82, 2.24) is 9.88 Å². The standard InChI is InChI=1S/C24H23N3OS3.ClH/c1-3-29-16-8-6-7-15(13-16)22(28)26-24-21(17-11-12-27(2)14-20(17)31-24)23-25-18-9-4-5-10-19(18)30-23;/h4-10,13H,3,11-12,14H2,1-2H3,(H,26,28);1H. The lowest BCUT2D eigenvalue weighted by Crippen LogP contribution is -2.25. The monoisotopic (exact) mass is 501 g/mol. The van der Waals surface area contributed by atoms with E-state index in [4.69, 9.17) is 4.98 Å². The molecule has 0 atom stereocenters. The van der Waals surface area contributed by atoms with Gasteiger partial charge in [-0.2, -0.15) is 0 Å². The summed E-state index contributed by atoms with van der Waals surface area (Å²) >= 11 is 5.14. The molecule has 8 heteroatoms. The topological polar surface area (TPSA) is 45.2 Å². The largest absolute Gasteiger partial charge is 0.313 e. The fraction of sp³-hybridized carbons (Fsp3) is 0.250. The third-order valence-corrected chi connectivity index (χ3v) is 8.45. The zero-order valence-corrected chi connectivity index (χ0v) is 21.1. The van der Waals surface area contributed by atoms with E-state index < -0.39 is 0 Å². The van der Waals surface area contributed by atoms with Gasteiger partial charge in [0.05, 0.1) is 10.2 Å². The van der Waals surface area contributed by atoms with E-state index in [2.05, 4.69) is 42.4 Å². The Morgan fingerprint density at radius 1 is 1.19 bits per heavy atom. The molecule has 2 aromatic heterocycles. The predicted molar refractivity (Wildman–Crippen MR) is 141 cm³/mol. The van der Waals surface area contributed by atoms with E-state index in [9.17, 15) is 4.79 Å². The van der Waals surface area contributed by atoms with Crippen molar-refractivity contribution in [3.8, 4) is 10.6 Å². The predicted octanol–water partition coefficient (Wildman–Crippen LogP) is 6.80. The summed E-state index contributed by atoms with van der Waals surface area (Å²) < 4.78 is 1.17. The first kappa shape index (κ1) is 23.3. The number of carbonyl (C=O) groups is 1. The van der Waals surface area contributed by atoms with E-state index in [1.807, 2.05) is 30.3 Å². The average Bonchev–Trinajstić information content (AvgIpc) is 3.34. The number of aromatic nitrogens is 1. The molecule has 0 fully saturated rings. The lowest BCUT2D eigenvalue weighted by Gasteiger charge is -2.22. The van der Waals surface area contributed by atoms with Crippen LogP contribution >= 0.6 is 46.8 Å². The maximum atomic E-state index is 13.2. The van der Waals surface area contributed by atoms with Crippen LogP contribution < -0.4 is 5.32 Å². The summed E-state index contributed by atoms with van der Waals surface area (Å²) in [5.74, 6) is 0.922. The highest BCUT2D eigenvalue weighted by Crippen LogP contribution is 2.45. The van der Waals surface area contributed by atoms with E-state index >= 15 is 0 Å². The number of nitrogens with one attached hydrogen (secondary N) is 1. The highest BCUT2D eigenvalue weighted by molar-refractivity contribution is 7.99. The van der Waals surface area contributed by atoms with Crippen molar-refractivity contribution >= 4 is 68.0 Å². The lowest BCUT2D eigenvalue weighted by molar-refractivity contribution is 0.102. The Balaban J connectivity index is 0.00000245. The molecule has 1 amide bonds. The lowest BCUT2D eigenvalue weighted by atomic mass is 10.0. The van der Waals surface area contributed by atoms with Crippen LogP contribution in [0.25, 0.3) is 20.8 Å².